The van der Waals surface area contributed by atoms with Crippen LogP contribution in [0.25, 0.3) is 0 Å². The van der Waals surface area contributed by atoms with E-state index >= 15 is 0 Å². The van der Waals surface area contributed by atoms with Crippen molar-refractivity contribution >= 4 is 15.8 Å². The fraction of sp³-hybridized carbons (Fsp3) is 0.231. The van der Waals surface area contributed by atoms with E-state index in [-0.39, 0.29) is 4.90 Å². The number of benzene rings is 1. The van der Waals surface area contributed by atoms with Crippen molar-refractivity contribution in [3.8, 4) is 11.6 Å². The largest absolute Gasteiger partial charge is 0.439 e. The summed E-state index contributed by atoms with van der Waals surface area (Å²) in [5.74, 6) is 1.39. The predicted octanol–water partition coefficient (Wildman–Crippen LogP) is 2.10. The molecule has 0 aliphatic carbocycles. The predicted molar refractivity (Wildman–Crippen MR) is 75.8 cm³/mol. The Bertz CT molecular complexity index is 684. The van der Waals surface area contributed by atoms with E-state index in [2.05, 4.69) is 15.3 Å². The Morgan fingerprint density at radius 2 is 1.90 bits per heavy atom. The minimum absolute atomic E-state index is 0.251. The summed E-state index contributed by atoms with van der Waals surface area (Å²) < 4.78 is 28.2. The molecule has 0 unspecified atom stereocenters. The maximum absolute atomic E-state index is 11.3. The van der Waals surface area contributed by atoms with E-state index in [0.717, 1.165) is 6.26 Å². The third-order valence-corrected chi connectivity index (χ3v) is 3.57. The topological polar surface area (TPSA) is 81.2 Å². The molecule has 0 bridgehead atoms. The number of rotatable bonds is 5. The SMILES string of the molecule is CCNc1nccc(Oc2ccc(S(C)(=O)=O)cc2)n1. The monoisotopic (exact) mass is 293 g/mol. The summed E-state index contributed by atoms with van der Waals surface area (Å²) in [5, 5.41) is 2.98. The first-order chi connectivity index (χ1) is 9.49. The van der Waals surface area contributed by atoms with Crippen LogP contribution in [0.1, 0.15) is 6.92 Å². The van der Waals surface area contributed by atoms with Crippen molar-refractivity contribution in [3.63, 3.8) is 0 Å². The first-order valence-electron chi connectivity index (χ1n) is 6.04. The zero-order valence-corrected chi connectivity index (χ0v) is 12.0. The van der Waals surface area contributed by atoms with Gasteiger partial charge in [-0.15, -0.1) is 0 Å². The normalized spacial score (nSPS) is 11.1. The number of sulfone groups is 1. The van der Waals surface area contributed by atoms with Gasteiger partial charge in [-0.25, -0.2) is 13.4 Å². The van der Waals surface area contributed by atoms with Crippen LogP contribution < -0.4 is 10.1 Å². The lowest BCUT2D eigenvalue weighted by Gasteiger charge is -2.07. The highest BCUT2D eigenvalue weighted by Crippen LogP contribution is 2.21. The summed E-state index contributed by atoms with van der Waals surface area (Å²) in [5.41, 5.74) is 0. The number of hydrogen-bond donors (Lipinski definition) is 1. The molecule has 106 valence electrons. The van der Waals surface area contributed by atoms with Crippen molar-refractivity contribution in [2.75, 3.05) is 18.1 Å². The van der Waals surface area contributed by atoms with Crippen LogP contribution in [-0.2, 0) is 9.84 Å². The summed E-state index contributed by atoms with van der Waals surface area (Å²) in [4.78, 5) is 8.45. The second-order valence-corrected chi connectivity index (χ2v) is 6.11. The number of nitrogens with zero attached hydrogens (tertiary/aromatic N) is 2. The first kappa shape index (κ1) is 14.3. The molecule has 0 radical (unpaired) electrons. The number of anilines is 1. The Morgan fingerprint density at radius 3 is 2.50 bits per heavy atom. The summed E-state index contributed by atoms with van der Waals surface area (Å²) in [6.45, 7) is 2.66. The van der Waals surface area contributed by atoms with Crippen LogP contribution >= 0.6 is 0 Å². The van der Waals surface area contributed by atoms with Gasteiger partial charge in [0.15, 0.2) is 9.84 Å². The highest BCUT2D eigenvalue weighted by molar-refractivity contribution is 7.90. The van der Waals surface area contributed by atoms with Crippen LogP contribution in [0, 0.1) is 0 Å². The minimum Gasteiger partial charge on any atom is -0.439 e. The lowest BCUT2D eigenvalue weighted by molar-refractivity contribution is 0.462. The van der Waals surface area contributed by atoms with E-state index in [1.54, 1.807) is 24.4 Å². The number of hydrogen-bond acceptors (Lipinski definition) is 6. The summed E-state index contributed by atoms with van der Waals surface area (Å²) >= 11 is 0. The zero-order valence-electron chi connectivity index (χ0n) is 11.2. The molecular formula is C13H15N3O3S. The van der Waals surface area contributed by atoms with Crippen molar-refractivity contribution in [2.24, 2.45) is 0 Å². The van der Waals surface area contributed by atoms with Gasteiger partial charge in [-0.2, -0.15) is 4.98 Å². The van der Waals surface area contributed by atoms with Crippen LogP contribution in [0.15, 0.2) is 41.4 Å². The molecule has 6 nitrogen and oxygen atoms in total. The van der Waals surface area contributed by atoms with Gasteiger partial charge in [0.25, 0.3) is 0 Å². The van der Waals surface area contributed by atoms with Gasteiger partial charge in [0.1, 0.15) is 5.75 Å². The van der Waals surface area contributed by atoms with Gasteiger partial charge >= 0.3 is 0 Å². The molecule has 1 aromatic carbocycles. The molecule has 7 heteroatoms. The average Bonchev–Trinajstić information content (AvgIpc) is 2.39. The van der Waals surface area contributed by atoms with Crippen LogP contribution in [-0.4, -0.2) is 31.2 Å². The molecule has 0 spiro atoms. The molecule has 0 atom stereocenters. The van der Waals surface area contributed by atoms with E-state index in [1.807, 2.05) is 6.92 Å². The molecule has 1 aromatic heterocycles. The Morgan fingerprint density at radius 1 is 1.20 bits per heavy atom. The quantitative estimate of drug-likeness (QED) is 0.909. The molecule has 1 N–H and O–H groups in total. The molecular weight excluding hydrogens is 278 g/mol. The van der Waals surface area contributed by atoms with E-state index < -0.39 is 9.84 Å². The maximum Gasteiger partial charge on any atom is 0.225 e. The Hall–Kier alpha value is -2.15. The molecule has 0 saturated carbocycles. The Balaban J connectivity index is 2.16. The fourth-order valence-corrected chi connectivity index (χ4v) is 2.15. The van der Waals surface area contributed by atoms with Crippen molar-refractivity contribution in [1.82, 2.24) is 9.97 Å². The van der Waals surface area contributed by atoms with Crippen LogP contribution in [0.2, 0.25) is 0 Å². The smallest absolute Gasteiger partial charge is 0.225 e. The summed E-state index contributed by atoms with van der Waals surface area (Å²) in [7, 11) is -3.20. The average molecular weight is 293 g/mol. The molecule has 0 fully saturated rings. The number of nitrogens with one attached hydrogen (secondary N) is 1. The standard InChI is InChI=1S/C13H15N3O3S/c1-3-14-13-15-9-8-12(16-13)19-10-4-6-11(7-5-10)20(2,17)18/h4-9H,3H2,1-2H3,(H,14,15,16). The number of ether oxygens (including phenoxy) is 1. The third kappa shape index (κ3) is 3.67. The second-order valence-electron chi connectivity index (χ2n) is 4.09. The highest BCUT2D eigenvalue weighted by Gasteiger charge is 2.07. The third-order valence-electron chi connectivity index (χ3n) is 2.44. The van der Waals surface area contributed by atoms with Gasteiger partial charge in [0, 0.05) is 25.1 Å². The molecule has 0 aliphatic rings. The first-order valence-corrected chi connectivity index (χ1v) is 7.93. The van der Waals surface area contributed by atoms with Gasteiger partial charge in [0.2, 0.25) is 11.8 Å². The Kier molecular flexibility index (Phi) is 4.19. The van der Waals surface area contributed by atoms with E-state index in [4.69, 9.17) is 4.74 Å². The molecule has 2 rings (SSSR count). The molecule has 2 aromatic rings. The maximum atomic E-state index is 11.3. The molecule has 1 heterocycles. The molecule has 0 aliphatic heterocycles. The van der Waals surface area contributed by atoms with Gasteiger partial charge in [0.05, 0.1) is 4.90 Å². The van der Waals surface area contributed by atoms with E-state index in [9.17, 15) is 8.42 Å². The van der Waals surface area contributed by atoms with Crippen molar-refractivity contribution in [3.05, 3.63) is 36.5 Å². The van der Waals surface area contributed by atoms with Gasteiger partial charge in [-0.3, -0.25) is 0 Å². The molecule has 0 amide bonds. The van der Waals surface area contributed by atoms with Crippen LogP contribution in [0.3, 0.4) is 0 Å². The minimum atomic E-state index is -3.20. The van der Waals surface area contributed by atoms with Crippen LogP contribution in [0.4, 0.5) is 5.95 Å². The van der Waals surface area contributed by atoms with Gasteiger partial charge in [-0.1, -0.05) is 0 Å². The van der Waals surface area contributed by atoms with Crippen molar-refractivity contribution in [1.29, 1.82) is 0 Å². The molecule has 20 heavy (non-hydrogen) atoms. The zero-order chi connectivity index (χ0) is 14.6. The van der Waals surface area contributed by atoms with E-state index in [0.29, 0.717) is 24.1 Å². The van der Waals surface area contributed by atoms with E-state index in [1.165, 1.54) is 12.1 Å². The second kappa shape index (κ2) is 5.87. The van der Waals surface area contributed by atoms with Gasteiger partial charge in [-0.05, 0) is 31.2 Å². The number of aromatic nitrogens is 2. The lowest BCUT2D eigenvalue weighted by atomic mass is 10.3. The van der Waals surface area contributed by atoms with Crippen molar-refractivity contribution in [2.45, 2.75) is 11.8 Å². The van der Waals surface area contributed by atoms with Crippen LogP contribution in [0.5, 0.6) is 11.6 Å². The molecule has 0 saturated heterocycles. The summed E-state index contributed by atoms with van der Waals surface area (Å²) in [6.07, 6.45) is 2.75. The fourth-order valence-electron chi connectivity index (χ4n) is 1.52. The summed E-state index contributed by atoms with van der Waals surface area (Å²) in [6, 6.07) is 7.80. The Labute approximate surface area is 117 Å². The van der Waals surface area contributed by atoms with Gasteiger partial charge < -0.3 is 10.1 Å². The lowest BCUT2D eigenvalue weighted by Crippen LogP contribution is -2.02. The highest BCUT2D eigenvalue weighted by atomic mass is 32.2. The van der Waals surface area contributed by atoms with Crippen molar-refractivity contribution < 1.29 is 13.2 Å².